The predicted octanol–water partition coefficient (Wildman–Crippen LogP) is 4.40. The third-order valence-electron chi connectivity index (χ3n) is 3.50. The number of hydrogen-bond acceptors (Lipinski definition) is 4. The number of unbranched alkanes of at least 4 members (excludes halogenated alkanes) is 1. The van der Waals surface area contributed by atoms with Gasteiger partial charge in [0.05, 0.1) is 12.2 Å². The van der Waals surface area contributed by atoms with Crippen LogP contribution in [0.25, 0.3) is 0 Å². The molecular formula is C19H23NO3S. The Morgan fingerprint density at radius 2 is 1.83 bits per heavy atom. The third-order valence-corrected chi connectivity index (χ3v) is 4.35. The van der Waals surface area contributed by atoms with Gasteiger partial charge in [0.2, 0.25) is 0 Å². The van der Waals surface area contributed by atoms with Crippen molar-refractivity contribution in [3.8, 4) is 5.75 Å². The van der Waals surface area contributed by atoms with Crippen LogP contribution in [0.15, 0.2) is 53.4 Å². The Morgan fingerprint density at radius 3 is 2.46 bits per heavy atom. The van der Waals surface area contributed by atoms with E-state index >= 15 is 0 Å². The van der Waals surface area contributed by atoms with Gasteiger partial charge in [0, 0.05) is 11.4 Å². The SMILES string of the molecule is CCCCOc1ccc(SNCCc2ccc(C(=O)O)cc2)cc1. The molecule has 0 heterocycles. The van der Waals surface area contributed by atoms with Crippen LogP contribution >= 0.6 is 11.9 Å². The zero-order valence-corrected chi connectivity index (χ0v) is 14.6. The second-order valence-corrected chi connectivity index (χ2v) is 6.39. The fourth-order valence-corrected chi connectivity index (χ4v) is 2.72. The minimum Gasteiger partial charge on any atom is -0.494 e. The van der Waals surface area contributed by atoms with Crippen molar-refractivity contribution in [2.24, 2.45) is 0 Å². The van der Waals surface area contributed by atoms with Gasteiger partial charge in [0.15, 0.2) is 0 Å². The van der Waals surface area contributed by atoms with Crippen molar-refractivity contribution < 1.29 is 14.6 Å². The molecule has 4 nitrogen and oxygen atoms in total. The number of carboxylic acids is 1. The summed E-state index contributed by atoms with van der Waals surface area (Å²) in [7, 11) is 0. The third kappa shape index (κ3) is 6.26. The van der Waals surface area contributed by atoms with Crippen molar-refractivity contribution in [1.29, 1.82) is 0 Å². The van der Waals surface area contributed by atoms with E-state index in [1.165, 1.54) is 0 Å². The lowest BCUT2D eigenvalue weighted by molar-refractivity contribution is 0.0697. The van der Waals surface area contributed by atoms with Crippen molar-refractivity contribution in [3.63, 3.8) is 0 Å². The lowest BCUT2D eigenvalue weighted by atomic mass is 10.1. The van der Waals surface area contributed by atoms with Crippen LogP contribution in [-0.4, -0.2) is 24.2 Å². The number of hydrogen-bond donors (Lipinski definition) is 2. The molecule has 2 aromatic carbocycles. The van der Waals surface area contributed by atoms with E-state index in [2.05, 4.69) is 11.6 Å². The van der Waals surface area contributed by atoms with Gasteiger partial charge in [-0.15, -0.1) is 0 Å². The summed E-state index contributed by atoms with van der Waals surface area (Å²) < 4.78 is 8.96. The molecule has 0 fully saturated rings. The van der Waals surface area contributed by atoms with E-state index in [-0.39, 0.29) is 0 Å². The highest BCUT2D eigenvalue weighted by Crippen LogP contribution is 2.19. The van der Waals surface area contributed by atoms with Crippen LogP contribution in [0.4, 0.5) is 0 Å². The number of carbonyl (C=O) groups is 1. The Morgan fingerprint density at radius 1 is 1.12 bits per heavy atom. The molecule has 0 bridgehead atoms. The van der Waals surface area contributed by atoms with Crippen molar-refractivity contribution in [3.05, 3.63) is 59.7 Å². The maximum Gasteiger partial charge on any atom is 0.335 e. The van der Waals surface area contributed by atoms with E-state index in [0.29, 0.717) is 5.56 Å². The molecule has 2 rings (SSSR count). The monoisotopic (exact) mass is 345 g/mol. The molecule has 0 aliphatic carbocycles. The van der Waals surface area contributed by atoms with Crippen LogP contribution in [0.5, 0.6) is 5.75 Å². The second kappa shape index (κ2) is 10.0. The summed E-state index contributed by atoms with van der Waals surface area (Å²) in [6.45, 7) is 3.73. The van der Waals surface area contributed by atoms with Crippen molar-refractivity contribution >= 4 is 17.9 Å². The predicted molar refractivity (Wildman–Crippen MR) is 97.8 cm³/mol. The molecule has 0 amide bonds. The maximum absolute atomic E-state index is 10.8. The molecule has 0 unspecified atom stereocenters. The van der Waals surface area contributed by atoms with Gasteiger partial charge in [0.25, 0.3) is 0 Å². The summed E-state index contributed by atoms with van der Waals surface area (Å²) in [4.78, 5) is 11.9. The Bertz CT molecular complexity index is 626. The molecule has 0 saturated heterocycles. The molecule has 5 heteroatoms. The molecule has 0 saturated carbocycles. The van der Waals surface area contributed by atoms with Gasteiger partial charge in [-0.1, -0.05) is 25.5 Å². The first-order valence-electron chi connectivity index (χ1n) is 8.14. The topological polar surface area (TPSA) is 58.6 Å². The van der Waals surface area contributed by atoms with E-state index in [1.54, 1.807) is 24.1 Å². The summed E-state index contributed by atoms with van der Waals surface area (Å²) in [6.07, 6.45) is 3.06. The fraction of sp³-hybridized carbons (Fsp3) is 0.316. The Balaban J connectivity index is 1.69. The van der Waals surface area contributed by atoms with Crippen LogP contribution in [-0.2, 0) is 6.42 Å². The molecule has 0 aliphatic rings. The first kappa shape index (κ1) is 18.4. The van der Waals surface area contributed by atoms with Gasteiger partial charge < -0.3 is 9.84 Å². The summed E-state index contributed by atoms with van der Waals surface area (Å²) in [5, 5.41) is 8.87. The summed E-state index contributed by atoms with van der Waals surface area (Å²) in [6, 6.07) is 15.1. The zero-order valence-electron chi connectivity index (χ0n) is 13.8. The Kier molecular flexibility index (Phi) is 7.65. The smallest absolute Gasteiger partial charge is 0.335 e. The number of rotatable bonds is 10. The molecule has 0 aromatic heterocycles. The van der Waals surface area contributed by atoms with E-state index < -0.39 is 5.97 Å². The minimum absolute atomic E-state index is 0.322. The van der Waals surface area contributed by atoms with Gasteiger partial charge in [-0.05, 0) is 66.8 Å². The van der Waals surface area contributed by atoms with Crippen molar-refractivity contribution in [2.75, 3.05) is 13.2 Å². The first-order chi connectivity index (χ1) is 11.7. The number of nitrogens with one attached hydrogen (secondary N) is 1. The average Bonchev–Trinajstić information content (AvgIpc) is 2.60. The molecule has 2 N–H and O–H groups in total. The lowest BCUT2D eigenvalue weighted by Gasteiger charge is -2.07. The highest BCUT2D eigenvalue weighted by Gasteiger charge is 2.02. The van der Waals surface area contributed by atoms with Gasteiger partial charge >= 0.3 is 5.97 Å². The lowest BCUT2D eigenvalue weighted by Crippen LogP contribution is -2.08. The standard InChI is InChI=1S/C19H23NO3S/c1-2-3-14-23-17-8-10-18(11-9-17)24-20-13-12-15-4-6-16(7-5-15)19(21)22/h4-11,20H,2-3,12-14H2,1H3,(H,21,22). The van der Waals surface area contributed by atoms with Crippen LogP contribution < -0.4 is 9.46 Å². The largest absolute Gasteiger partial charge is 0.494 e. The Hall–Kier alpha value is -1.98. The molecule has 2 aromatic rings. The van der Waals surface area contributed by atoms with Crippen LogP contribution in [0, 0.1) is 0 Å². The highest BCUT2D eigenvalue weighted by atomic mass is 32.2. The first-order valence-corrected chi connectivity index (χ1v) is 8.95. The van der Waals surface area contributed by atoms with Gasteiger partial charge in [0.1, 0.15) is 5.75 Å². The zero-order chi connectivity index (χ0) is 17.2. The molecule has 0 atom stereocenters. The van der Waals surface area contributed by atoms with Crippen LogP contribution in [0.3, 0.4) is 0 Å². The van der Waals surface area contributed by atoms with E-state index in [9.17, 15) is 4.79 Å². The Labute approximate surface area is 147 Å². The van der Waals surface area contributed by atoms with Gasteiger partial charge in [-0.2, -0.15) is 0 Å². The average molecular weight is 345 g/mol. The molecular weight excluding hydrogens is 322 g/mol. The normalized spacial score (nSPS) is 10.5. The maximum atomic E-state index is 10.8. The fourth-order valence-electron chi connectivity index (χ4n) is 2.08. The highest BCUT2D eigenvalue weighted by molar-refractivity contribution is 7.97. The number of benzene rings is 2. The molecule has 128 valence electrons. The number of ether oxygens (including phenoxy) is 1. The summed E-state index contributed by atoms with van der Waals surface area (Å²) in [5.41, 5.74) is 1.44. The van der Waals surface area contributed by atoms with Gasteiger partial charge in [-0.3, -0.25) is 4.72 Å². The van der Waals surface area contributed by atoms with Crippen LogP contribution in [0.1, 0.15) is 35.7 Å². The number of carboxylic acid groups (broad SMARTS) is 1. The molecule has 0 radical (unpaired) electrons. The second-order valence-electron chi connectivity index (χ2n) is 5.42. The quantitative estimate of drug-likeness (QED) is 0.494. The summed E-state index contributed by atoms with van der Waals surface area (Å²) in [5.74, 6) is 0.0173. The van der Waals surface area contributed by atoms with Gasteiger partial charge in [-0.25, -0.2) is 4.79 Å². The number of aromatic carboxylic acids is 1. The van der Waals surface area contributed by atoms with E-state index in [4.69, 9.17) is 9.84 Å². The van der Waals surface area contributed by atoms with Crippen LogP contribution in [0.2, 0.25) is 0 Å². The molecule has 0 aliphatic heterocycles. The van der Waals surface area contributed by atoms with Crippen molar-refractivity contribution in [2.45, 2.75) is 31.1 Å². The molecule has 0 spiro atoms. The summed E-state index contributed by atoms with van der Waals surface area (Å²) >= 11 is 1.59. The molecule has 24 heavy (non-hydrogen) atoms. The minimum atomic E-state index is -0.891. The van der Waals surface area contributed by atoms with E-state index in [0.717, 1.165) is 48.6 Å². The van der Waals surface area contributed by atoms with Crippen molar-refractivity contribution in [1.82, 2.24) is 4.72 Å². The van der Waals surface area contributed by atoms with E-state index in [1.807, 2.05) is 36.4 Å².